The summed E-state index contributed by atoms with van der Waals surface area (Å²) in [5, 5.41) is 22.1. The van der Waals surface area contributed by atoms with Crippen LogP contribution >= 0.6 is 24.6 Å². The first-order valence-electron chi connectivity index (χ1n) is 8.34. The van der Waals surface area contributed by atoms with Crippen molar-refractivity contribution in [3.05, 3.63) is 76.9 Å². The fourth-order valence-electron chi connectivity index (χ4n) is 3.87. The summed E-state index contributed by atoms with van der Waals surface area (Å²) in [6.07, 6.45) is 0. The molecule has 144 valence electrons. The van der Waals surface area contributed by atoms with Crippen LogP contribution in [-0.4, -0.2) is 21.3 Å². The van der Waals surface area contributed by atoms with Crippen LogP contribution in [0.5, 0.6) is 23.0 Å². The smallest absolute Gasteiger partial charge is 0.342 e. The van der Waals surface area contributed by atoms with Crippen molar-refractivity contribution in [2.75, 3.05) is 0 Å². The number of halogens is 1. The zero-order chi connectivity index (χ0) is 19.5. The Bertz CT molecular complexity index is 1180. The van der Waals surface area contributed by atoms with Gasteiger partial charge in [-0.3, -0.25) is 0 Å². The minimum atomic E-state index is -1.30. The largest absolute Gasteiger partial charge is 0.508 e. The van der Waals surface area contributed by atoms with E-state index in [1.165, 1.54) is 24.3 Å². The number of aliphatic imine (C=N–C) groups is 1. The van der Waals surface area contributed by atoms with E-state index in [-0.39, 0.29) is 23.9 Å². The number of thiocarbonyl (C=S) groups is 1. The second kappa shape index (κ2) is 6.60. The number of isothiocyanates is 1. The van der Waals surface area contributed by atoms with Gasteiger partial charge in [0.15, 0.2) is 5.60 Å². The Labute approximate surface area is 176 Å². The highest BCUT2D eigenvalue weighted by Crippen LogP contribution is 2.57. The number of rotatable bonds is 1. The lowest BCUT2D eigenvalue weighted by molar-refractivity contribution is 0.0224. The Hall–Kier alpha value is -3.38. The number of carbonyl (C=O) groups is 1. The fraction of sp³-hybridized carbons (Fsp3) is 0.0476. The highest BCUT2D eigenvalue weighted by atomic mass is 35.5. The van der Waals surface area contributed by atoms with Crippen LogP contribution in [0, 0.1) is 0 Å². The van der Waals surface area contributed by atoms with Crippen molar-refractivity contribution in [1.82, 2.24) is 0 Å². The number of phenols is 2. The Morgan fingerprint density at radius 1 is 0.931 bits per heavy atom. The average Bonchev–Trinajstić information content (AvgIpc) is 2.96. The van der Waals surface area contributed by atoms with E-state index >= 15 is 0 Å². The summed E-state index contributed by atoms with van der Waals surface area (Å²) in [4.78, 5) is 16.9. The molecule has 2 aliphatic heterocycles. The van der Waals surface area contributed by atoms with Crippen LogP contribution in [0.3, 0.4) is 0 Å². The predicted molar refractivity (Wildman–Crippen MR) is 110 cm³/mol. The molecule has 8 heteroatoms. The van der Waals surface area contributed by atoms with Gasteiger partial charge in [0, 0.05) is 28.8 Å². The third-order valence-corrected chi connectivity index (χ3v) is 5.04. The lowest BCUT2D eigenvalue weighted by atomic mass is 9.77. The third-order valence-electron chi connectivity index (χ3n) is 4.95. The van der Waals surface area contributed by atoms with E-state index in [0.717, 1.165) is 0 Å². The number of phenolic OH excluding ortho intramolecular Hbond substituents is 2. The molecule has 2 heterocycles. The summed E-state index contributed by atoms with van der Waals surface area (Å²) in [5.74, 6) is 0.0896. The molecule has 29 heavy (non-hydrogen) atoms. The number of benzene rings is 3. The molecule has 0 unspecified atom stereocenters. The third kappa shape index (κ3) is 2.53. The molecule has 2 N–H and O–H groups in total. The molecule has 5 rings (SSSR count). The quantitative estimate of drug-likeness (QED) is 0.330. The maximum Gasteiger partial charge on any atom is 0.342 e. The van der Waals surface area contributed by atoms with E-state index in [1.54, 1.807) is 30.3 Å². The predicted octanol–water partition coefficient (Wildman–Crippen LogP) is 4.82. The van der Waals surface area contributed by atoms with Crippen LogP contribution in [-0.2, 0) is 10.3 Å². The number of hydrogen-bond donors (Lipinski definition) is 2. The first-order valence-corrected chi connectivity index (χ1v) is 8.75. The van der Waals surface area contributed by atoms with Crippen molar-refractivity contribution in [1.29, 1.82) is 0 Å². The van der Waals surface area contributed by atoms with Gasteiger partial charge in [-0.25, -0.2) is 4.79 Å². The van der Waals surface area contributed by atoms with Crippen molar-refractivity contribution in [2.45, 2.75) is 5.60 Å². The van der Waals surface area contributed by atoms with E-state index in [1.807, 2.05) is 0 Å². The number of carbonyl (C=O) groups excluding carboxylic acids is 1. The molecule has 0 saturated heterocycles. The maximum absolute atomic E-state index is 12.9. The molecule has 2 aliphatic rings. The van der Waals surface area contributed by atoms with Gasteiger partial charge >= 0.3 is 5.97 Å². The number of hydrogen-bond acceptors (Lipinski definition) is 7. The second-order valence-electron chi connectivity index (χ2n) is 6.44. The topological polar surface area (TPSA) is 88.4 Å². The first-order chi connectivity index (χ1) is 13.5. The summed E-state index contributed by atoms with van der Waals surface area (Å²) in [6, 6.07) is 14.4. The highest BCUT2D eigenvalue weighted by molar-refractivity contribution is 7.78. The zero-order valence-corrected chi connectivity index (χ0v) is 16.2. The standard InChI is InChI=1S/C21H11NO5S.ClH/c23-11-4-6-13-17(8-11)26-18-9-12(24)5-7-14(18)21(13)15-2-1-3-16(22-10-28)19(15)20(25)27-21;/h1-9,23-24H;1H. The summed E-state index contributed by atoms with van der Waals surface area (Å²) >= 11 is 4.70. The van der Waals surface area contributed by atoms with Crippen molar-refractivity contribution in [3.63, 3.8) is 0 Å². The summed E-state index contributed by atoms with van der Waals surface area (Å²) in [6.45, 7) is 0. The van der Waals surface area contributed by atoms with E-state index in [9.17, 15) is 15.0 Å². The summed E-state index contributed by atoms with van der Waals surface area (Å²) < 4.78 is 11.9. The number of fused-ring (bicyclic) bond motifs is 6. The van der Waals surface area contributed by atoms with Crippen molar-refractivity contribution >= 4 is 41.4 Å². The van der Waals surface area contributed by atoms with Gasteiger partial charge in [0.1, 0.15) is 23.0 Å². The van der Waals surface area contributed by atoms with Crippen LogP contribution < -0.4 is 4.74 Å². The normalized spacial score (nSPS) is 14.4. The van der Waals surface area contributed by atoms with Gasteiger partial charge in [0.25, 0.3) is 0 Å². The first kappa shape index (κ1) is 19.0. The van der Waals surface area contributed by atoms with Crippen molar-refractivity contribution in [2.24, 2.45) is 4.99 Å². The van der Waals surface area contributed by atoms with Gasteiger partial charge < -0.3 is 19.7 Å². The molecular weight excluding hydrogens is 414 g/mol. The molecule has 6 nitrogen and oxygen atoms in total. The molecule has 0 atom stereocenters. The Balaban J connectivity index is 0.00000205. The maximum atomic E-state index is 12.9. The lowest BCUT2D eigenvalue weighted by Crippen LogP contribution is -2.32. The van der Waals surface area contributed by atoms with Gasteiger partial charge in [-0.1, -0.05) is 12.1 Å². The van der Waals surface area contributed by atoms with Crippen LogP contribution in [0.15, 0.2) is 59.6 Å². The Kier molecular flexibility index (Phi) is 4.31. The fourth-order valence-corrected chi connectivity index (χ4v) is 3.97. The second-order valence-corrected chi connectivity index (χ2v) is 6.62. The molecule has 0 aromatic heterocycles. The molecule has 0 bridgehead atoms. The number of esters is 1. The van der Waals surface area contributed by atoms with Gasteiger partial charge in [0.05, 0.1) is 16.4 Å². The van der Waals surface area contributed by atoms with Crippen molar-refractivity contribution < 1.29 is 24.5 Å². The minimum Gasteiger partial charge on any atom is -0.508 e. The highest BCUT2D eigenvalue weighted by Gasteiger charge is 2.54. The van der Waals surface area contributed by atoms with Gasteiger partial charge in [0.2, 0.25) is 0 Å². The van der Waals surface area contributed by atoms with Gasteiger partial charge in [-0.05, 0) is 42.5 Å². The molecular formula is C21H12ClNO5S. The molecule has 3 aromatic rings. The summed E-state index contributed by atoms with van der Waals surface area (Å²) in [7, 11) is 0. The minimum absolute atomic E-state index is 0. The molecule has 0 saturated carbocycles. The molecule has 0 aliphatic carbocycles. The zero-order valence-electron chi connectivity index (χ0n) is 14.6. The molecule has 0 radical (unpaired) electrons. The molecule has 0 fully saturated rings. The van der Waals surface area contributed by atoms with E-state index in [2.05, 4.69) is 10.2 Å². The van der Waals surface area contributed by atoms with Crippen LogP contribution in [0.2, 0.25) is 0 Å². The lowest BCUT2D eigenvalue weighted by Gasteiger charge is -2.36. The van der Waals surface area contributed by atoms with Crippen LogP contribution in [0.4, 0.5) is 5.69 Å². The van der Waals surface area contributed by atoms with Crippen LogP contribution in [0.1, 0.15) is 27.0 Å². The Morgan fingerprint density at radius 2 is 1.55 bits per heavy atom. The monoisotopic (exact) mass is 425 g/mol. The number of aromatic hydroxyl groups is 2. The average molecular weight is 426 g/mol. The van der Waals surface area contributed by atoms with Gasteiger partial charge in [-0.2, -0.15) is 4.99 Å². The molecule has 0 amide bonds. The molecule has 1 spiro atoms. The number of nitrogens with zero attached hydrogens (tertiary/aromatic N) is 1. The SMILES string of the molecule is Cl.O=C1OC2(c3ccc(O)cc3Oc3cc(O)ccc32)c2cccc(N=C=S)c21. The Morgan fingerprint density at radius 3 is 2.14 bits per heavy atom. The van der Waals surface area contributed by atoms with Crippen molar-refractivity contribution in [3.8, 4) is 23.0 Å². The van der Waals surface area contributed by atoms with E-state index in [4.69, 9.17) is 21.7 Å². The molecule has 3 aromatic carbocycles. The van der Waals surface area contributed by atoms with Crippen LogP contribution in [0.25, 0.3) is 0 Å². The van der Waals surface area contributed by atoms with E-state index in [0.29, 0.717) is 39.4 Å². The number of ether oxygens (including phenoxy) is 2. The van der Waals surface area contributed by atoms with E-state index < -0.39 is 11.6 Å². The summed E-state index contributed by atoms with van der Waals surface area (Å²) in [5.41, 5.74) is 1.04. The van der Waals surface area contributed by atoms with Gasteiger partial charge in [-0.15, -0.1) is 12.4 Å².